The SMILES string of the molecule is c1ccc(-c2ccc3c(c2)c2c4c5ccccc5ccc4c4ccccc4c2n3-c2ccccc2)cc1. The third-order valence-electron chi connectivity index (χ3n) is 7.74. The summed E-state index contributed by atoms with van der Waals surface area (Å²) in [5, 5.41) is 10.4. The number of nitrogens with zero attached hydrogens (tertiary/aromatic N) is 1. The molecule has 172 valence electrons. The third kappa shape index (κ3) is 2.92. The fourth-order valence-corrected chi connectivity index (χ4v) is 6.14. The van der Waals surface area contributed by atoms with Gasteiger partial charge in [0.15, 0.2) is 0 Å². The fourth-order valence-electron chi connectivity index (χ4n) is 6.14. The lowest BCUT2D eigenvalue weighted by Gasteiger charge is -2.13. The standard InChI is InChI=1S/C36H23N/c1-3-11-24(12-4-1)26-20-22-33-32(23-26)35-34-28-16-8-7-13-25(28)19-21-30(34)29-17-9-10-18-31(29)36(35)37(33)27-14-5-2-6-15-27/h1-23H. The molecule has 0 N–H and O–H groups in total. The van der Waals surface area contributed by atoms with Crippen LogP contribution in [0.15, 0.2) is 140 Å². The number of benzene rings is 7. The predicted octanol–water partition coefficient (Wildman–Crippen LogP) is 9.91. The number of rotatable bonds is 2. The van der Waals surface area contributed by atoms with Crippen molar-refractivity contribution in [3.8, 4) is 16.8 Å². The van der Waals surface area contributed by atoms with Crippen LogP contribution in [0.5, 0.6) is 0 Å². The summed E-state index contributed by atoms with van der Waals surface area (Å²) < 4.78 is 2.46. The Kier molecular flexibility index (Phi) is 4.29. The van der Waals surface area contributed by atoms with E-state index in [1.165, 1.54) is 70.9 Å². The molecule has 0 radical (unpaired) electrons. The van der Waals surface area contributed by atoms with E-state index >= 15 is 0 Å². The average Bonchev–Trinajstić information content (AvgIpc) is 3.32. The lowest BCUT2D eigenvalue weighted by molar-refractivity contribution is 1.19. The summed E-state index contributed by atoms with van der Waals surface area (Å²) in [4.78, 5) is 0. The molecule has 0 unspecified atom stereocenters. The van der Waals surface area contributed by atoms with Gasteiger partial charge in [0.25, 0.3) is 0 Å². The maximum absolute atomic E-state index is 2.46. The zero-order valence-electron chi connectivity index (χ0n) is 20.2. The molecular formula is C36H23N. The molecule has 37 heavy (non-hydrogen) atoms. The van der Waals surface area contributed by atoms with Crippen LogP contribution in [0.25, 0.3) is 70.9 Å². The summed E-state index contributed by atoms with van der Waals surface area (Å²) in [6, 6.07) is 50.7. The maximum Gasteiger partial charge on any atom is 0.0626 e. The number of fused-ring (bicyclic) bond motifs is 10. The summed E-state index contributed by atoms with van der Waals surface area (Å²) in [5.41, 5.74) is 6.15. The molecule has 0 atom stereocenters. The first-order chi connectivity index (χ1) is 18.4. The van der Waals surface area contributed by atoms with Gasteiger partial charge >= 0.3 is 0 Å². The first-order valence-corrected chi connectivity index (χ1v) is 12.8. The van der Waals surface area contributed by atoms with Crippen LogP contribution in [0.3, 0.4) is 0 Å². The van der Waals surface area contributed by atoms with Gasteiger partial charge in [-0.25, -0.2) is 0 Å². The van der Waals surface area contributed by atoms with E-state index in [-0.39, 0.29) is 0 Å². The van der Waals surface area contributed by atoms with Crippen LogP contribution in [-0.2, 0) is 0 Å². The van der Waals surface area contributed by atoms with Crippen LogP contribution in [0.2, 0.25) is 0 Å². The molecule has 0 bridgehead atoms. The molecule has 1 aromatic heterocycles. The number of hydrogen-bond acceptors (Lipinski definition) is 0. The molecule has 0 saturated heterocycles. The smallest absolute Gasteiger partial charge is 0.0626 e. The zero-order valence-corrected chi connectivity index (χ0v) is 20.2. The van der Waals surface area contributed by atoms with Gasteiger partial charge in [-0.05, 0) is 56.9 Å². The molecule has 1 heterocycles. The minimum Gasteiger partial charge on any atom is -0.309 e. The van der Waals surface area contributed by atoms with E-state index in [0.29, 0.717) is 0 Å². The van der Waals surface area contributed by atoms with E-state index in [2.05, 4.69) is 144 Å². The third-order valence-corrected chi connectivity index (χ3v) is 7.74. The van der Waals surface area contributed by atoms with Gasteiger partial charge in [0.2, 0.25) is 0 Å². The van der Waals surface area contributed by atoms with Crippen molar-refractivity contribution in [2.75, 3.05) is 0 Å². The van der Waals surface area contributed by atoms with Gasteiger partial charge in [0.1, 0.15) is 0 Å². The molecule has 0 aliphatic carbocycles. The summed E-state index contributed by atoms with van der Waals surface area (Å²) in [6.45, 7) is 0. The largest absolute Gasteiger partial charge is 0.309 e. The Hall–Kier alpha value is -4.88. The number of para-hydroxylation sites is 1. The zero-order chi connectivity index (χ0) is 24.3. The first kappa shape index (κ1) is 20.3. The van der Waals surface area contributed by atoms with Crippen LogP contribution < -0.4 is 0 Å². The first-order valence-electron chi connectivity index (χ1n) is 12.8. The molecule has 7 aromatic carbocycles. The van der Waals surface area contributed by atoms with Gasteiger partial charge < -0.3 is 4.57 Å². The normalized spacial score (nSPS) is 11.8. The molecule has 0 fully saturated rings. The van der Waals surface area contributed by atoms with E-state index in [1.807, 2.05) is 0 Å². The van der Waals surface area contributed by atoms with Gasteiger partial charge in [0, 0.05) is 27.2 Å². The van der Waals surface area contributed by atoms with Gasteiger partial charge in [-0.1, -0.05) is 115 Å². The Morgan fingerprint density at radius 3 is 1.86 bits per heavy atom. The molecule has 0 saturated carbocycles. The average molecular weight is 470 g/mol. The highest BCUT2D eigenvalue weighted by Gasteiger charge is 2.20. The Bertz CT molecular complexity index is 2120. The highest BCUT2D eigenvalue weighted by atomic mass is 15.0. The summed E-state index contributed by atoms with van der Waals surface area (Å²) in [5.74, 6) is 0. The number of aromatic nitrogens is 1. The maximum atomic E-state index is 2.46. The van der Waals surface area contributed by atoms with E-state index in [0.717, 1.165) is 0 Å². The van der Waals surface area contributed by atoms with Gasteiger partial charge in [0.05, 0.1) is 11.0 Å². The molecule has 1 heteroatoms. The van der Waals surface area contributed by atoms with Crippen molar-refractivity contribution < 1.29 is 0 Å². The molecule has 8 aromatic rings. The number of hydrogen-bond donors (Lipinski definition) is 0. The molecule has 0 aliphatic rings. The topological polar surface area (TPSA) is 4.93 Å². The van der Waals surface area contributed by atoms with Crippen LogP contribution >= 0.6 is 0 Å². The monoisotopic (exact) mass is 469 g/mol. The predicted molar refractivity (Wildman–Crippen MR) is 159 cm³/mol. The quantitative estimate of drug-likeness (QED) is 0.222. The van der Waals surface area contributed by atoms with Crippen molar-refractivity contribution >= 4 is 54.1 Å². The second-order valence-electron chi connectivity index (χ2n) is 9.75. The van der Waals surface area contributed by atoms with Crippen molar-refractivity contribution in [1.29, 1.82) is 0 Å². The van der Waals surface area contributed by atoms with E-state index in [4.69, 9.17) is 0 Å². The Morgan fingerprint density at radius 1 is 0.378 bits per heavy atom. The van der Waals surface area contributed by atoms with Crippen LogP contribution in [0.1, 0.15) is 0 Å². The molecule has 1 nitrogen and oxygen atoms in total. The van der Waals surface area contributed by atoms with Gasteiger partial charge in [-0.3, -0.25) is 0 Å². The summed E-state index contributed by atoms with van der Waals surface area (Å²) >= 11 is 0. The molecule has 0 aliphatic heterocycles. The van der Waals surface area contributed by atoms with Crippen molar-refractivity contribution in [2.45, 2.75) is 0 Å². The second-order valence-corrected chi connectivity index (χ2v) is 9.75. The summed E-state index contributed by atoms with van der Waals surface area (Å²) in [7, 11) is 0. The van der Waals surface area contributed by atoms with Crippen molar-refractivity contribution in [3.05, 3.63) is 140 Å². The molecule has 8 rings (SSSR count). The lowest BCUT2D eigenvalue weighted by Crippen LogP contribution is -1.94. The fraction of sp³-hybridized carbons (Fsp3) is 0. The lowest BCUT2D eigenvalue weighted by atomic mass is 9.92. The molecule has 0 amide bonds. The van der Waals surface area contributed by atoms with Gasteiger partial charge in [-0.2, -0.15) is 0 Å². The van der Waals surface area contributed by atoms with Crippen LogP contribution in [0, 0.1) is 0 Å². The Morgan fingerprint density at radius 2 is 1.05 bits per heavy atom. The van der Waals surface area contributed by atoms with Gasteiger partial charge in [-0.15, -0.1) is 0 Å². The van der Waals surface area contributed by atoms with E-state index < -0.39 is 0 Å². The Labute approximate surface area is 214 Å². The minimum atomic E-state index is 1.18. The second kappa shape index (κ2) is 7.81. The molecular weight excluding hydrogens is 446 g/mol. The van der Waals surface area contributed by atoms with Crippen LogP contribution in [0.4, 0.5) is 0 Å². The van der Waals surface area contributed by atoms with Crippen molar-refractivity contribution in [2.24, 2.45) is 0 Å². The van der Waals surface area contributed by atoms with Crippen LogP contribution in [-0.4, -0.2) is 4.57 Å². The summed E-state index contributed by atoms with van der Waals surface area (Å²) in [6.07, 6.45) is 0. The van der Waals surface area contributed by atoms with Crippen molar-refractivity contribution in [1.82, 2.24) is 4.57 Å². The van der Waals surface area contributed by atoms with E-state index in [9.17, 15) is 0 Å². The van der Waals surface area contributed by atoms with Crippen molar-refractivity contribution in [3.63, 3.8) is 0 Å². The highest BCUT2D eigenvalue weighted by Crippen LogP contribution is 2.45. The Balaban J connectivity index is 1.70. The minimum absolute atomic E-state index is 1.18. The molecule has 0 spiro atoms. The highest BCUT2D eigenvalue weighted by molar-refractivity contribution is 6.37. The van der Waals surface area contributed by atoms with E-state index in [1.54, 1.807) is 0 Å².